The number of amides is 1. The van der Waals surface area contributed by atoms with Gasteiger partial charge in [0.05, 0.1) is 18.7 Å². The smallest absolute Gasteiger partial charge is 0.295 e. The van der Waals surface area contributed by atoms with Crippen LogP contribution in [0.25, 0.3) is 5.76 Å². The highest BCUT2D eigenvalue weighted by Crippen LogP contribution is 2.41. The number of carbonyl (C=O) groups is 2. The van der Waals surface area contributed by atoms with Gasteiger partial charge in [0.2, 0.25) is 0 Å². The van der Waals surface area contributed by atoms with Crippen LogP contribution in [0.3, 0.4) is 0 Å². The van der Waals surface area contributed by atoms with Crippen molar-refractivity contribution < 1.29 is 28.9 Å². The number of benzene rings is 2. The molecule has 0 spiro atoms. The molecule has 1 fully saturated rings. The van der Waals surface area contributed by atoms with Crippen molar-refractivity contribution in [2.75, 3.05) is 47.5 Å². The molecule has 1 atom stereocenters. The Hall–Kier alpha value is -3.52. The third-order valence-corrected chi connectivity index (χ3v) is 5.58. The maximum absolute atomic E-state index is 13.1. The van der Waals surface area contributed by atoms with Crippen molar-refractivity contribution in [3.05, 3.63) is 59.2 Å². The molecule has 1 N–H and O–H groups in total. The number of fused-ring (bicyclic) bond motifs is 1. The van der Waals surface area contributed by atoms with E-state index in [1.165, 1.54) is 4.90 Å². The van der Waals surface area contributed by atoms with Gasteiger partial charge in [-0.25, -0.2) is 0 Å². The van der Waals surface area contributed by atoms with E-state index in [4.69, 9.17) is 14.2 Å². The minimum absolute atomic E-state index is 0.0515. The second-order valence-electron chi connectivity index (χ2n) is 7.93. The fraction of sp³-hybridized carbons (Fsp3) is 0.333. The standard InChI is InChI=1S/C24H26N2O6/c1-25(2)10-11-26-21(15-4-7-17(30-3)8-5-15)20(23(28)24(26)29)22(27)16-6-9-18-19(14-16)32-13-12-31-18/h4-9,14,21,27H,10-13H2,1-3H3/t21-/m0/s1. The number of hydrogen-bond donors (Lipinski definition) is 1. The van der Waals surface area contributed by atoms with Gasteiger partial charge in [-0.2, -0.15) is 0 Å². The molecule has 2 aliphatic rings. The lowest BCUT2D eigenvalue weighted by Gasteiger charge is -2.26. The highest BCUT2D eigenvalue weighted by atomic mass is 16.6. The molecular weight excluding hydrogens is 412 g/mol. The molecule has 2 aromatic carbocycles. The highest BCUT2D eigenvalue weighted by molar-refractivity contribution is 6.46. The Morgan fingerprint density at radius 1 is 1.09 bits per heavy atom. The summed E-state index contributed by atoms with van der Waals surface area (Å²) in [5.74, 6) is 0.136. The second kappa shape index (κ2) is 8.92. The summed E-state index contributed by atoms with van der Waals surface area (Å²) in [6.07, 6.45) is 0. The van der Waals surface area contributed by atoms with Gasteiger partial charge in [-0.1, -0.05) is 12.1 Å². The predicted molar refractivity (Wildman–Crippen MR) is 118 cm³/mol. The first-order valence-corrected chi connectivity index (χ1v) is 10.4. The minimum Gasteiger partial charge on any atom is -0.507 e. The summed E-state index contributed by atoms with van der Waals surface area (Å²) < 4.78 is 16.4. The second-order valence-corrected chi connectivity index (χ2v) is 7.93. The first-order valence-electron chi connectivity index (χ1n) is 10.4. The number of aliphatic hydroxyl groups excluding tert-OH is 1. The van der Waals surface area contributed by atoms with Crippen LogP contribution in [0.4, 0.5) is 0 Å². The highest BCUT2D eigenvalue weighted by Gasteiger charge is 2.46. The predicted octanol–water partition coefficient (Wildman–Crippen LogP) is 2.45. The summed E-state index contributed by atoms with van der Waals surface area (Å²) >= 11 is 0. The third kappa shape index (κ3) is 4.01. The molecule has 0 aromatic heterocycles. The van der Waals surface area contributed by atoms with Crippen molar-refractivity contribution >= 4 is 17.4 Å². The molecule has 1 amide bonds. The van der Waals surface area contributed by atoms with E-state index in [0.29, 0.717) is 54.7 Å². The van der Waals surface area contributed by atoms with E-state index in [2.05, 4.69) is 0 Å². The minimum atomic E-state index is -0.714. The van der Waals surface area contributed by atoms with Crippen LogP contribution in [-0.4, -0.2) is 74.1 Å². The molecular formula is C24H26N2O6. The molecule has 0 unspecified atom stereocenters. The molecule has 2 heterocycles. The molecule has 0 bridgehead atoms. The fourth-order valence-electron chi connectivity index (χ4n) is 3.90. The van der Waals surface area contributed by atoms with Crippen LogP contribution in [-0.2, 0) is 9.59 Å². The number of Topliss-reactive ketones (excluding diaryl/α,β-unsaturated/α-hetero) is 1. The number of hydrogen-bond acceptors (Lipinski definition) is 7. The lowest BCUT2D eigenvalue weighted by Crippen LogP contribution is -2.35. The fourth-order valence-corrected chi connectivity index (χ4v) is 3.90. The van der Waals surface area contributed by atoms with Crippen molar-refractivity contribution in [2.45, 2.75) is 6.04 Å². The topological polar surface area (TPSA) is 88.5 Å². The van der Waals surface area contributed by atoms with Gasteiger partial charge in [0.25, 0.3) is 11.7 Å². The van der Waals surface area contributed by atoms with Crippen LogP contribution in [0, 0.1) is 0 Å². The Balaban J connectivity index is 1.81. The summed E-state index contributed by atoms with van der Waals surface area (Å²) in [7, 11) is 5.36. The molecule has 8 heteroatoms. The average molecular weight is 438 g/mol. The number of rotatable bonds is 6. The lowest BCUT2D eigenvalue weighted by molar-refractivity contribution is -0.140. The zero-order valence-corrected chi connectivity index (χ0v) is 18.3. The number of aliphatic hydroxyl groups is 1. The molecule has 0 radical (unpaired) electrons. The number of ether oxygens (including phenoxy) is 3. The number of methoxy groups -OCH3 is 1. The number of carbonyl (C=O) groups excluding carboxylic acids is 2. The summed E-state index contributed by atoms with van der Waals surface area (Å²) in [5.41, 5.74) is 1.15. The Labute approximate surface area is 186 Å². The van der Waals surface area contributed by atoms with Crippen molar-refractivity contribution in [2.24, 2.45) is 0 Å². The van der Waals surface area contributed by atoms with Gasteiger partial charge in [0.1, 0.15) is 24.7 Å². The molecule has 0 saturated carbocycles. The number of nitrogens with zero attached hydrogens (tertiary/aromatic N) is 2. The third-order valence-electron chi connectivity index (χ3n) is 5.58. The molecule has 32 heavy (non-hydrogen) atoms. The van der Waals surface area contributed by atoms with E-state index < -0.39 is 17.7 Å². The average Bonchev–Trinajstić information content (AvgIpc) is 3.06. The molecule has 1 saturated heterocycles. The number of likely N-dealkylation sites (N-methyl/N-ethyl adjacent to an activating group) is 1. The monoisotopic (exact) mass is 438 g/mol. The largest absolute Gasteiger partial charge is 0.507 e. The van der Waals surface area contributed by atoms with Gasteiger partial charge in [-0.05, 0) is 50.0 Å². The van der Waals surface area contributed by atoms with Crippen LogP contribution in [0.15, 0.2) is 48.0 Å². The van der Waals surface area contributed by atoms with Gasteiger partial charge in [-0.3, -0.25) is 9.59 Å². The zero-order valence-electron chi connectivity index (χ0n) is 18.3. The maximum Gasteiger partial charge on any atom is 0.295 e. The molecule has 168 valence electrons. The maximum atomic E-state index is 13.1. The van der Waals surface area contributed by atoms with E-state index in [9.17, 15) is 14.7 Å². The van der Waals surface area contributed by atoms with E-state index in [1.54, 1.807) is 49.6 Å². The first-order chi connectivity index (χ1) is 15.4. The lowest BCUT2D eigenvalue weighted by atomic mass is 9.95. The molecule has 2 aromatic rings. The van der Waals surface area contributed by atoms with Crippen LogP contribution >= 0.6 is 0 Å². The van der Waals surface area contributed by atoms with Gasteiger partial charge in [-0.15, -0.1) is 0 Å². The van der Waals surface area contributed by atoms with Crippen molar-refractivity contribution in [3.8, 4) is 17.2 Å². The molecule has 4 rings (SSSR count). The number of likely N-dealkylation sites (tertiary alicyclic amines) is 1. The van der Waals surface area contributed by atoms with Gasteiger partial charge < -0.3 is 29.1 Å². The zero-order chi connectivity index (χ0) is 22.8. The van der Waals surface area contributed by atoms with Crippen molar-refractivity contribution in [1.29, 1.82) is 0 Å². The Morgan fingerprint density at radius 3 is 2.44 bits per heavy atom. The Bertz CT molecular complexity index is 1060. The molecule has 8 nitrogen and oxygen atoms in total. The number of ketones is 1. The summed E-state index contributed by atoms with van der Waals surface area (Å²) in [6.45, 7) is 1.76. The van der Waals surface area contributed by atoms with E-state index in [0.717, 1.165) is 0 Å². The van der Waals surface area contributed by atoms with Crippen LogP contribution in [0.1, 0.15) is 17.2 Å². The quantitative estimate of drug-likeness (QED) is 0.421. The van der Waals surface area contributed by atoms with Gasteiger partial charge in [0.15, 0.2) is 11.5 Å². The van der Waals surface area contributed by atoms with Crippen LogP contribution in [0.2, 0.25) is 0 Å². The van der Waals surface area contributed by atoms with Crippen molar-refractivity contribution in [3.63, 3.8) is 0 Å². The first kappa shape index (κ1) is 21.7. The van der Waals surface area contributed by atoms with Gasteiger partial charge in [0, 0.05) is 18.7 Å². The van der Waals surface area contributed by atoms with Crippen LogP contribution < -0.4 is 14.2 Å². The summed E-state index contributed by atoms with van der Waals surface area (Å²) in [6, 6.07) is 11.4. The molecule has 2 aliphatic heterocycles. The van der Waals surface area contributed by atoms with Crippen LogP contribution in [0.5, 0.6) is 17.2 Å². The summed E-state index contributed by atoms with van der Waals surface area (Å²) in [4.78, 5) is 29.5. The normalized spacial score (nSPS) is 19.5. The Morgan fingerprint density at radius 2 is 1.78 bits per heavy atom. The van der Waals surface area contributed by atoms with E-state index >= 15 is 0 Å². The van der Waals surface area contributed by atoms with Crippen molar-refractivity contribution in [1.82, 2.24) is 9.80 Å². The molecule has 0 aliphatic carbocycles. The van der Waals surface area contributed by atoms with Gasteiger partial charge >= 0.3 is 0 Å². The van der Waals surface area contributed by atoms with E-state index in [1.807, 2.05) is 19.0 Å². The Kier molecular flexibility index (Phi) is 6.05. The SMILES string of the molecule is COc1ccc([C@H]2C(=C(O)c3ccc4c(c3)OCCO4)C(=O)C(=O)N2CCN(C)C)cc1. The summed E-state index contributed by atoms with van der Waals surface area (Å²) in [5, 5.41) is 11.2. The van der Waals surface area contributed by atoms with E-state index in [-0.39, 0.29) is 11.3 Å².